The molecule has 0 aliphatic heterocycles. The van der Waals surface area contributed by atoms with Crippen molar-refractivity contribution in [1.82, 2.24) is 4.57 Å². The van der Waals surface area contributed by atoms with Crippen molar-refractivity contribution in [3.05, 3.63) is 58.6 Å². The molecule has 0 saturated heterocycles. The van der Waals surface area contributed by atoms with Gasteiger partial charge >= 0.3 is 17.6 Å². The Morgan fingerprint density at radius 2 is 1.76 bits per heavy atom. The first-order chi connectivity index (χ1) is 12.0. The molecule has 7 nitrogen and oxygen atoms in total. The Hall–Kier alpha value is -3.79. The van der Waals surface area contributed by atoms with Gasteiger partial charge in [0, 0.05) is 24.0 Å². The molecule has 0 saturated carbocycles. The fourth-order valence-electron chi connectivity index (χ4n) is 2.27. The first kappa shape index (κ1) is 16.1. The van der Waals surface area contributed by atoms with Gasteiger partial charge in [-0.05, 0) is 36.4 Å². The fraction of sp³-hybridized carbons (Fsp3) is 0.0556. The third kappa shape index (κ3) is 3.28. The molecular weight excluding hydrogens is 322 g/mol. The van der Waals surface area contributed by atoms with Crippen molar-refractivity contribution in [2.75, 3.05) is 10.6 Å². The van der Waals surface area contributed by atoms with E-state index in [0.29, 0.717) is 28.0 Å². The van der Waals surface area contributed by atoms with Crippen molar-refractivity contribution in [3.8, 4) is 12.3 Å². The summed E-state index contributed by atoms with van der Waals surface area (Å²) in [4.78, 5) is 35.5. The van der Waals surface area contributed by atoms with Crippen LogP contribution in [0.25, 0.3) is 11.1 Å². The lowest BCUT2D eigenvalue weighted by molar-refractivity contribution is -0.132. The summed E-state index contributed by atoms with van der Waals surface area (Å²) in [6.07, 6.45) is 5.30. The third-order valence-corrected chi connectivity index (χ3v) is 3.54. The Labute approximate surface area is 142 Å². The normalized spacial score (nSPS) is 10.2. The summed E-state index contributed by atoms with van der Waals surface area (Å²) in [7, 11) is 1.55. The van der Waals surface area contributed by atoms with Gasteiger partial charge in [-0.2, -0.15) is 0 Å². The largest absolute Gasteiger partial charge is 0.419 e. The van der Waals surface area contributed by atoms with E-state index in [0.717, 1.165) is 0 Å². The number of hydrogen-bond acceptors (Lipinski definition) is 4. The van der Waals surface area contributed by atoms with Crippen LogP contribution in [0.5, 0.6) is 0 Å². The Morgan fingerprint density at radius 3 is 2.44 bits per heavy atom. The van der Waals surface area contributed by atoms with Crippen molar-refractivity contribution in [2.45, 2.75) is 0 Å². The SMILES string of the molecule is C#Cc1cccc(NC(=O)C(=O)Nc2ccc3oc(=O)n(C)c3c2)c1. The maximum Gasteiger partial charge on any atom is 0.419 e. The molecule has 124 valence electrons. The molecule has 1 heterocycles. The van der Waals surface area contributed by atoms with Crippen LogP contribution in [0.4, 0.5) is 11.4 Å². The van der Waals surface area contributed by atoms with E-state index in [1.54, 1.807) is 43.4 Å². The van der Waals surface area contributed by atoms with Gasteiger partial charge < -0.3 is 15.1 Å². The van der Waals surface area contributed by atoms with Crippen molar-refractivity contribution < 1.29 is 14.0 Å². The van der Waals surface area contributed by atoms with Gasteiger partial charge in [-0.1, -0.05) is 12.0 Å². The van der Waals surface area contributed by atoms with Gasteiger partial charge in [0.1, 0.15) is 0 Å². The monoisotopic (exact) mass is 335 g/mol. The van der Waals surface area contributed by atoms with Gasteiger partial charge in [0.05, 0.1) is 5.52 Å². The lowest BCUT2D eigenvalue weighted by atomic mass is 10.2. The molecule has 1 aromatic heterocycles. The van der Waals surface area contributed by atoms with Gasteiger partial charge in [-0.3, -0.25) is 14.2 Å². The molecular formula is C18H13N3O4. The Morgan fingerprint density at radius 1 is 1.08 bits per heavy atom. The van der Waals surface area contributed by atoms with Crippen molar-refractivity contribution in [2.24, 2.45) is 7.05 Å². The van der Waals surface area contributed by atoms with Gasteiger partial charge in [0.15, 0.2) is 5.58 Å². The van der Waals surface area contributed by atoms with E-state index in [9.17, 15) is 14.4 Å². The number of anilines is 2. The number of hydrogen-bond donors (Lipinski definition) is 2. The predicted octanol–water partition coefficient (Wildman–Crippen LogP) is 1.69. The van der Waals surface area contributed by atoms with E-state index in [-0.39, 0.29) is 0 Å². The number of carbonyl (C=O) groups excluding carboxylic acids is 2. The minimum Gasteiger partial charge on any atom is -0.408 e. The van der Waals surface area contributed by atoms with Gasteiger partial charge in [0.25, 0.3) is 0 Å². The highest BCUT2D eigenvalue weighted by atomic mass is 16.4. The number of oxazole rings is 1. The second-order valence-electron chi connectivity index (χ2n) is 5.24. The predicted molar refractivity (Wildman–Crippen MR) is 93.1 cm³/mol. The zero-order valence-corrected chi connectivity index (χ0v) is 13.2. The quantitative estimate of drug-likeness (QED) is 0.550. The molecule has 3 rings (SSSR count). The summed E-state index contributed by atoms with van der Waals surface area (Å²) in [5.74, 6) is 0.250. The minimum absolute atomic E-state index is 0.362. The number of nitrogens with zero attached hydrogens (tertiary/aromatic N) is 1. The van der Waals surface area contributed by atoms with Crippen molar-refractivity contribution in [3.63, 3.8) is 0 Å². The van der Waals surface area contributed by atoms with Crippen LogP contribution in [0.3, 0.4) is 0 Å². The number of aryl methyl sites for hydroxylation is 1. The zero-order chi connectivity index (χ0) is 18.0. The smallest absolute Gasteiger partial charge is 0.408 e. The lowest BCUT2D eigenvalue weighted by Crippen LogP contribution is -2.29. The molecule has 0 fully saturated rings. The van der Waals surface area contributed by atoms with E-state index < -0.39 is 17.6 Å². The van der Waals surface area contributed by atoms with Crippen molar-refractivity contribution in [1.29, 1.82) is 0 Å². The van der Waals surface area contributed by atoms with Crippen LogP contribution in [0.2, 0.25) is 0 Å². The summed E-state index contributed by atoms with van der Waals surface area (Å²) < 4.78 is 6.31. The molecule has 0 aliphatic carbocycles. The fourth-order valence-corrected chi connectivity index (χ4v) is 2.27. The minimum atomic E-state index is -0.848. The summed E-state index contributed by atoms with van der Waals surface area (Å²) >= 11 is 0. The van der Waals surface area contributed by atoms with Crippen LogP contribution in [-0.4, -0.2) is 16.4 Å². The molecule has 0 unspecified atom stereocenters. The number of nitrogens with one attached hydrogen (secondary N) is 2. The van der Waals surface area contributed by atoms with Gasteiger partial charge in [-0.15, -0.1) is 6.42 Å². The highest BCUT2D eigenvalue weighted by Crippen LogP contribution is 2.18. The van der Waals surface area contributed by atoms with E-state index >= 15 is 0 Å². The van der Waals surface area contributed by atoms with E-state index in [1.165, 1.54) is 10.6 Å². The molecule has 0 radical (unpaired) electrons. The molecule has 0 spiro atoms. The number of rotatable bonds is 2. The number of fused-ring (bicyclic) bond motifs is 1. The van der Waals surface area contributed by atoms with Gasteiger partial charge in [0.2, 0.25) is 0 Å². The summed E-state index contributed by atoms with van der Waals surface area (Å²) in [5.41, 5.74) is 2.26. The maximum atomic E-state index is 12.0. The number of benzene rings is 2. The first-order valence-electron chi connectivity index (χ1n) is 7.26. The lowest BCUT2D eigenvalue weighted by Gasteiger charge is -2.07. The molecule has 0 bridgehead atoms. The standard InChI is InChI=1S/C18H13N3O4/c1-3-11-5-4-6-12(9-11)19-16(22)17(23)20-13-7-8-15-14(10-13)21(2)18(24)25-15/h1,4-10H,2H3,(H,19,22)(H,20,23). The molecule has 0 aliphatic rings. The van der Waals surface area contributed by atoms with Crippen LogP contribution in [0, 0.1) is 12.3 Å². The molecule has 3 aromatic rings. The van der Waals surface area contributed by atoms with E-state index in [4.69, 9.17) is 10.8 Å². The molecule has 2 amide bonds. The molecule has 2 aromatic carbocycles. The van der Waals surface area contributed by atoms with Crippen LogP contribution in [0.1, 0.15) is 5.56 Å². The summed E-state index contributed by atoms with van der Waals surface area (Å²) in [6.45, 7) is 0. The number of terminal acetylenes is 1. The van der Waals surface area contributed by atoms with Gasteiger partial charge in [-0.25, -0.2) is 4.79 Å². The average molecular weight is 335 g/mol. The third-order valence-electron chi connectivity index (χ3n) is 3.54. The number of aromatic nitrogens is 1. The summed E-state index contributed by atoms with van der Waals surface area (Å²) in [6, 6.07) is 11.2. The van der Waals surface area contributed by atoms with Crippen LogP contribution >= 0.6 is 0 Å². The topological polar surface area (TPSA) is 93.3 Å². The molecule has 0 atom stereocenters. The first-order valence-corrected chi connectivity index (χ1v) is 7.26. The highest BCUT2D eigenvalue weighted by molar-refractivity contribution is 6.43. The maximum absolute atomic E-state index is 12.0. The summed E-state index contributed by atoms with van der Waals surface area (Å²) in [5, 5.41) is 4.94. The van der Waals surface area contributed by atoms with Crippen LogP contribution in [-0.2, 0) is 16.6 Å². The zero-order valence-electron chi connectivity index (χ0n) is 13.2. The van der Waals surface area contributed by atoms with Crippen LogP contribution in [0.15, 0.2) is 51.7 Å². The molecule has 25 heavy (non-hydrogen) atoms. The second-order valence-corrected chi connectivity index (χ2v) is 5.24. The Kier molecular flexibility index (Phi) is 4.10. The van der Waals surface area contributed by atoms with E-state index in [2.05, 4.69) is 16.6 Å². The molecule has 2 N–H and O–H groups in total. The Bertz CT molecular complexity index is 1090. The van der Waals surface area contributed by atoms with Crippen LogP contribution < -0.4 is 16.4 Å². The average Bonchev–Trinajstić information content (AvgIpc) is 2.89. The highest BCUT2D eigenvalue weighted by Gasteiger charge is 2.15. The number of amides is 2. The number of carbonyl (C=O) groups is 2. The van der Waals surface area contributed by atoms with E-state index in [1.807, 2.05) is 0 Å². The Balaban J connectivity index is 1.75. The second kappa shape index (κ2) is 6.37. The van der Waals surface area contributed by atoms with Crippen molar-refractivity contribution >= 4 is 34.3 Å². The molecule has 7 heteroatoms.